The molecule has 1 aromatic rings. The normalized spacial score (nSPS) is 17.9. The molecule has 0 radical (unpaired) electrons. The Kier molecular flexibility index (Phi) is 4.19. The number of rotatable bonds is 4. The first-order chi connectivity index (χ1) is 9.09. The van der Waals surface area contributed by atoms with E-state index in [1.165, 1.54) is 25.6 Å². The maximum atomic E-state index is 12.0. The Bertz CT molecular complexity index is 463. The zero-order chi connectivity index (χ0) is 13.8. The first kappa shape index (κ1) is 13.6. The molecule has 0 spiro atoms. The van der Waals surface area contributed by atoms with Crippen molar-refractivity contribution in [2.75, 3.05) is 0 Å². The van der Waals surface area contributed by atoms with Crippen molar-refractivity contribution in [3.63, 3.8) is 0 Å². The van der Waals surface area contributed by atoms with E-state index in [0.29, 0.717) is 5.92 Å². The minimum Gasteiger partial charge on any atom is -0.477 e. The second-order valence-corrected chi connectivity index (χ2v) is 5.09. The molecule has 0 aliphatic heterocycles. The van der Waals surface area contributed by atoms with Gasteiger partial charge in [0.2, 0.25) is 0 Å². The third kappa shape index (κ3) is 3.13. The van der Waals surface area contributed by atoms with Crippen LogP contribution in [0.1, 0.15) is 60.0 Å². The number of carboxylic acids is 1. The molecule has 1 unspecified atom stereocenters. The summed E-state index contributed by atoms with van der Waals surface area (Å²) < 4.78 is 0. The van der Waals surface area contributed by atoms with Gasteiger partial charge in [-0.15, -0.1) is 0 Å². The zero-order valence-corrected chi connectivity index (χ0v) is 11.0. The molecule has 2 rings (SSSR count). The lowest BCUT2D eigenvalue weighted by Crippen LogP contribution is -2.39. The second kappa shape index (κ2) is 5.86. The summed E-state index contributed by atoms with van der Waals surface area (Å²) in [6, 6.07) is 0.0474. The van der Waals surface area contributed by atoms with Gasteiger partial charge in [-0.2, -0.15) is 0 Å². The number of imidazole rings is 1. The number of amides is 1. The first-order valence-electron chi connectivity index (χ1n) is 6.67. The van der Waals surface area contributed by atoms with Crippen LogP contribution in [0.2, 0.25) is 0 Å². The number of hydrogen-bond donors (Lipinski definition) is 3. The summed E-state index contributed by atoms with van der Waals surface area (Å²) in [5.74, 6) is -1.12. The van der Waals surface area contributed by atoms with E-state index in [1.54, 1.807) is 0 Å². The van der Waals surface area contributed by atoms with Crippen LogP contribution in [-0.4, -0.2) is 33.0 Å². The molecule has 3 N–H and O–H groups in total. The predicted molar refractivity (Wildman–Crippen MR) is 69.1 cm³/mol. The van der Waals surface area contributed by atoms with E-state index >= 15 is 0 Å². The number of aromatic amines is 1. The van der Waals surface area contributed by atoms with Crippen molar-refractivity contribution < 1.29 is 14.7 Å². The number of carbonyl (C=O) groups is 2. The average Bonchev–Trinajstić information content (AvgIpc) is 2.89. The fourth-order valence-electron chi connectivity index (χ4n) is 2.66. The maximum absolute atomic E-state index is 12.0. The standard InChI is InChI=1S/C13H19N3O3/c1-8(9-5-3-2-4-6-9)16-12(17)10-11(13(18)19)15-7-14-10/h7-9H,2-6H2,1H3,(H,14,15)(H,16,17)(H,18,19). The van der Waals surface area contributed by atoms with Gasteiger partial charge >= 0.3 is 5.97 Å². The topological polar surface area (TPSA) is 95.1 Å². The average molecular weight is 265 g/mol. The van der Waals surface area contributed by atoms with Gasteiger partial charge in [-0.05, 0) is 25.7 Å². The molecule has 1 amide bonds. The van der Waals surface area contributed by atoms with Gasteiger partial charge in [0.1, 0.15) is 0 Å². The Morgan fingerprint density at radius 3 is 2.74 bits per heavy atom. The van der Waals surface area contributed by atoms with Gasteiger partial charge in [-0.25, -0.2) is 9.78 Å². The van der Waals surface area contributed by atoms with Crippen LogP contribution < -0.4 is 5.32 Å². The van der Waals surface area contributed by atoms with Gasteiger partial charge in [0.25, 0.3) is 5.91 Å². The van der Waals surface area contributed by atoms with E-state index in [9.17, 15) is 9.59 Å². The van der Waals surface area contributed by atoms with E-state index < -0.39 is 11.9 Å². The molecule has 1 aromatic heterocycles. The van der Waals surface area contributed by atoms with Crippen LogP contribution >= 0.6 is 0 Å². The van der Waals surface area contributed by atoms with Gasteiger partial charge in [-0.3, -0.25) is 4.79 Å². The van der Waals surface area contributed by atoms with Crippen LogP contribution in [0.3, 0.4) is 0 Å². The second-order valence-electron chi connectivity index (χ2n) is 5.09. The van der Waals surface area contributed by atoms with E-state index in [-0.39, 0.29) is 17.4 Å². The monoisotopic (exact) mass is 265 g/mol. The third-order valence-corrected chi connectivity index (χ3v) is 3.78. The highest BCUT2D eigenvalue weighted by atomic mass is 16.4. The van der Waals surface area contributed by atoms with Crippen molar-refractivity contribution in [1.29, 1.82) is 0 Å². The number of hydrogen-bond acceptors (Lipinski definition) is 3. The molecular formula is C13H19N3O3. The van der Waals surface area contributed by atoms with Crippen LogP contribution in [0, 0.1) is 5.92 Å². The molecule has 0 saturated heterocycles. The summed E-state index contributed by atoms with van der Waals surface area (Å²) in [6.07, 6.45) is 7.13. The summed E-state index contributed by atoms with van der Waals surface area (Å²) in [7, 11) is 0. The minimum atomic E-state index is -1.17. The highest BCUT2D eigenvalue weighted by Crippen LogP contribution is 2.26. The van der Waals surface area contributed by atoms with Crippen molar-refractivity contribution in [1.82, 2.24) is 15.3 Å². The highest BCUT2D eigenvalue weighted by Gasteiger charge is 2.25. The van der Waals surface area contributed by atoms with Crippen molar-refractivity contribution in [3.05, 3.63) is 17.7 Å². The fraction of sp³-hybridized carbons (Fsp3) is 0.615. The van der Waals surface area contributed by atoms with Crippen LogP contribution in [0.25, 0.3) is 0 Å². The highest BCUT2D eigenvalue weighted by molar-refractivity contribution is 6.02. The third-order valence-electron chi connectivity index (χ3n) is 3.78. The summed E-state index contributed by atoms with van der Waals surface area (Å²) in [5, 5.41) is 11.8. The lowest BCUT2D eigenvalue weighted by Gasteiger charge is -2.28. The van der Waals surface area contributed by atoms with Crippen molar-refractivity contribution in [3.8, 4) is 0 Å². The number of nitrogens with one attached hydrogen (secondary N) is 2. The number of carboxylic acid groups (broad SMARTS) is 1. The van der Waals surface area contributed by atoms with E-state index in [4.69, 9.17) is 5.11 Å². The SMILES string of the molecule is CC(NC(=O)c1nc[nH]c1C(=O)O)C1CCCCC1. The molecule has 104 valence electrons. The van der Waals surface area contributed by atoms with E-state index in [0.717, 1.165) is 12.8 Å². The molecular weight excluding hydrogens is 246 g/mol. The molecule has 1 heterocycles. The Morgan fingerprint density at radius 2 is 2.11 bits per heavy atom. The van der Waals surface area contributed by atoms with Gasteiger partial charge in [-0.1, -0.05) is 19.3 Å². The maximum Gasteiger partial charge on any atom is 0.354 e. The summed E-state index contributed by atoms with van der Waals surface area (Å²) in [6.45, 7) is 1.97. The van der Waals surface area contributed by atoms with Gasteiger partial charge in [0, 0.05) is 6.04 Å². The summed E-state index contributed by atoms with van der Waals surface area (Å²) in [5.41, 5.74) is -0.205. The van der Waals surface area contributed by atoms with Gasteiger partial charge in [0.15, 0.2) is 11.4 Å². The molecule has 6 nitrogen and oxygen atoms in total. The molecule has 19 heavy (non-hydrogen) atoms. The Labute approximate surface area is 111 Å². The predicted octanol–water partition coefficient (Wildman–Crippen LogP) is 1.81. The number of aromatic carboxylic acids is 1. The number of carbonyl (C=O) groups excluding carboxylic acids is 1. The molecule has 1 saturated carbocycles. The van der Waals surface area contributed by atoms with Gasteiger partial charge < -0.3 is 15.4 Å². The van der Waals surface area contributed by atoms with Gasteiger partial charge in [0.05, 0.1) is 6.33 Å². The van der Waals surface area contributed by atoms with E-state index in [1.807, 2.05) is 6.92 Å². The van der Waals surface area contributed by atoms with Crippen molar-refractivity contribution in [2.24, 2.45) is 5.92 Å². The molecule has 1 fully saturated rings. The Hall–Kier alpha value is -1.85. The Balaban J connectivity index is 2.00. The van der Waals surface area contributed by atoms with Crippen LogP contribution in [0.4, 0.5) is 0 Å². The fourth-order valence-corrected chi connectivity index (χ4v) is 2.66. The van der Waals surface area contributed by atoms with Crippen LogP contribution in [0.5, 0.6) is 0 Å². The summed E-state index contributed by atoms with van der Waals surface area (Å²) in [4.78, 5) is 29.2. The molecule has 1 atom stereocenters. The Morgan fingerprint density at radius 1 is 1.42 bits per heavy atom. The molecule has 0 aromatic carbocycles. The molecule has 6 heteroatoms. The molecule has 0 bridgehead atoms. The van der Waals surface area contributed by atoms with Crippen molar-refractivity contribution >= 4 is 11.9 Å². The summed E-state index contributed by atoms with van der Waals surface area (Å²) >= 11 is 0. The number of aromatic nitrogens is 2. The number of H-pyrrole nitrogens is 1. The smallest absolute Gasteiger partial charge is 0.354 e. The lowest BCUT2D eigenvalue weighted by atomic mass is 9.84. The molecule has 1 aliphatic rings. The largest absolute Gasteiger partial charge is 0.477 e. The number of nitrogens with zero attached hydrogens (tertiary/aromatic N) is 1. The van der Waals surface area contributed by atoms with Crippen molar-refractivity contribution in [2.45, 2.75) is 45.1 Å². The lowest BCUT2D eigenvalue weighted by molar-refractivity contribution is 0.0684. The minimum absolute atomic E-state index is 0.0461. The van der Waals surface area contributed by atoms with E-state index in [2.05, 4.69) is 15.3 Å². The zero-order valence-electron chi connectivity index (χ0n) is 11.0. The van der Waals surface area contributed by atoms with Crippen LogP contribution in [-0.2, 0) is 0 Å². The van der Waals surface area contributed by atoms with Crippen LogP contribution in [0.15, 0.2) is 6.33 Å². The quantitative estimate of drug-likeness (QED) is 0.773. The molecule has 1 aliphatic carbocycles. The first-order valence-corrected chi connectivity index (χ1v) is 6.67.